The molecule has 62 heavy (non-hydrogen) atoms. The summed E-state index contributed by atoms with van der Waals surface area (Å²) in [5, 5.41) is 28.1. The number of rotatable bonds is 11. The number of hydrogen-bond acceptors (Lipinski definition) is 15. The van der Waals surface area contributed by atoms with Crippen LogP contribution in [0.5, 0.6) is 0 Å². The van der Waals surface area contributed by atoms with Crippen LogP contribution < -0.4 is 5.32 Å². The van der Waals surface area contributed by atoms with E-state index in [0.29, 0.717) is 11.1 Å². The molecule has 342 valence electrons. The molecule has 0 aromatic heterocycles. The van der Waals surface area contributed by atoms with Crippen LogP contribution in [0.2, 0.25) is 0 Å². The molecule has 1 amide bonds. The van der Waals surface area contributed by atoms with Gasteiger partial charge in [0.2, 0.25) is 0 Å². The predicted octanol–water partition coefficient (Wildman–Crippen LogP) is 4.87. The van der Waals surface area contributed by atoms with Crippen LogP contribution in [0.4, 0.5) is 4.79 Å². The van der Waals surface area contributed by atoms with Crippen molar-refractivity contribution in [2.75, 3.05) is 6.61 Å². The summed E-state index contributed by atoms with van der Waals surface area (Å²) in [6.45, 7) is 21.9. The molecule has 16 heteroatoms. The maximum Gasteiger partial charge on any atom is 0.407 e. The second kappa shape index (κ2) is 17.0. The molecule has 2 heterocycles. The summed E-state index contributed by atoms with van der Waals surface area (Å²) < 4.78 is 50.2. The minimum atomic E-state index is -2.23. The first-order valence-electron chi connectivity index (χ1n) is 21.3. The van der Waals surface area contributed by atoms with Gasteiger partial charge in [0.25, 0.3) is 0 Å². The summed E-state index contributed by atoms with van der Waals surface area (Å²) in [5.74, 6) is -4.57. The molecule has 0 spiro atoms. The molecule has 2 saturated carbocycles. The van der Waals surface area contributed by atoms with Crippen LogP contribution in [0.1, 0.15) is 106 Å². The fourth-order valence-electron chi connectivity index (χ4n) is 10.7. The number of ether oxygens (including phenoxy) is 8. The highest BCUT2D eigenvalue weighted by molar-refractivity contribution is 5.89. The molecule has 1 aromatic carbocycles. The van der Waals surface area contributed by atoms with Crippen molar-refractivity contribution in [3.05, 3.63) is 59.7 Å². The first-order chi connectivity index (χ1) is 28.8. The van der Waals surface area contributed by atoms with Crippen molar-refractivity contribution in [3.8, 4) is 0 Å². The Morgan fingerprint density at radius 2 is 1.65 bits per heavy atom. The van der Waals surface area contributed by atoms with E-state index < -0.39 is 125 Å². The number of benzene rings is 1. The third kappa shape index (κ3) is 8.28. The zero-order chi connectivity index (χ0) is 45.9. The molecular formula is C46H63NO15. The zero-order valence-corrected chi connectivity index (χ0v) is 37.6. The second-order valence-electron chi connectivity index (χ2n) is 19.5. The van der Waals surface area contributed by atoms with Crippen LogP contribution >= 0.6 is 0 Å². The van der Waals surface area contributed by atoms with Gasteiger partial charge in [0, 0.05) is 37.5 Å². The molecule has 2 saturated heterocycles. The smallest absolute Gasteiger partial charge is 0.407 e. The number of aliphatic hydroxyl groups is 2. The number of carbonyl (C=O) groups excluding carboxylic acids is 5. The number of amides is 1. The topological polar surface area (TPSA) is 212 Å². The third-order valence-electron chi connectivity index (χ3n) is 13.4. The molecule has 5 aliphatic rings. The normalized spacial score (nSPS) is 35.5. The van der Waals surface area contributed by atoms with E-state index in [4.69, 9.17) is 37.9 Å². The molecular weight excluding hydrogens is 806 g/mol. The van der Waals surface area contributed by atoms with Gasteiger partial charge < -0.3 is 53.4 Å². The van der Waals surface area contributed by atoms with Crippen molar-refractivity contribution in [1.29, 1.82) is 0 Å². The van der Waals surface area contributed by atoms with Gasteiger partial charge in [-0.1, -0.05) is 59.4 Å². The Bertz CT molecular complexity index is 1960. The van der Waals surface area contributed by atoms with Gasteiger partial charge in [0.1, 0.15) is 35.6 Å². The monoisotopic (exact) mass is 869 g/mol. The van der Waals surface area contributed by atoms with Crippen molar-refractivity contribution in [3.63, 3.8) is 0 Å². The van der Waals surface area contributed by atoms with E-state index in [1.54, 1.807) is 71.9 Å². The van der Waals surface area contributed by atoms with Gasteiger partial charge in [-0.2, -0.15) is 0 Å². The van der Waals surface area contributed by atoms with Crippen LogP contribution in [0.3, 0.4) is 0 Å². The second-order valence-corrected chi connectivity index (χ2v) is 19.5. The Hall–Kier alpha value is -4.35. The van der Waals surface area contributed by atoms with E-state index in [-0.39, 0.29) is 30.9 Å². The van der Waals surface area contributed by atoms with E-state index in [1.165, 1.54) is 19.9 Å². The highest BCUT2D eigenvalue weighted by atomic mass is 16.7. The molecule has 16 nitrogen and oxygen atoms in total. The Morgan fingerprint density at radius 1 is 0.984 bits per heavy atom. The summed E-state index contributed by atoms with van der Waals surface area (Å²) in [7, 11) is 0. The zero-order valence-electron chi connectivity index (χ0n) is 37.6. The largest absolute Gasteiger partial charge is 0.456 e. The quantitative estimate of drug-likeness (QED) is 0.154. The molecule has 2 aliphatic heterocycles. The van der Waals surface area contributed by atoms with Crippen LogP contribution in [-0.2, 0) is 52.3 Å². The van der Waals surface area contributed by atoms with Crippen LogP contribution in [0.15, 0.2) is 54.1 Å². The van der Waals surface area contributed by atoms with E-state index in [9.17, 15) is 34.2 Å². The number of alkyl carbamates (subject to hydrolysis) is 1. The molecule has 2 bridgehead atoms. The van der Waals surface area contributed by atoms with Crippen molar-refractivity contribution in [2.24, 2.45) is 22.7 Å². The number of carbonyl (C=O) groups is 5. The van der Waals surface area contributed by atoms with Gasteiger partial charge in [-0.25, -0.2) is 14.4 Å². The maximum atomic E-state index is 14.4. The molecule has 1 aromatic rings. The lowest BCUT2D eigenvalue weighted by atomic mass is 9.44. The molecule has 13 atom stereocenters. The summed E-state index contributed by atoms with van der Waals surface area (Å²) in [4.78, 5) is 68.1. The molecule has 3 aliphatic carbocycles. The van der Waals surface area contributed by atoms with Crippen molar-refractivity contribution >= 4 is 30.0 Å². The Morgan fingerprint density at radius 3 is 2.19 bits per heavy atom. The predicted molar refractivity (Wildman–Crippen MR) is 220 cm³/mol. The first-order valence-corrected chi connectivity index (χ1v) is 21.3. The van der Waals surface area contributed by atoms with Gasteiger partial charge in [0.05, 0.1) is 30.2 Å². The standard InChI is InChI=1S/C46H63NO15/c1-13-32-58-30-20-31-45(22-55-31,61-26(6)49)36-38(60-39(51)27-17-15-14-16-18-27)46(54)21-29(57-40(52)34(50)28(19-23(2)3)47-41(53)62-42(7,8)9)24(4)33(43(46,10)11)35(56-25(5)48)37(59-32)44(30,36)12/h13-18,23,28-32,34-38,50,54H,1,19-22H2,2-12H3,(H,47,53)/t28-,29-,30-,31+,32-,34+,35-,36?,37-,38-,44+,45-,46+/m0/s1. The van der Waals surface area contributed by atoms with Crippen LogP contribution in [0.25, 0.3) is 0 Å². The van der Waals surface area contributed by atoms with Gasteiger partial charge in [-0.3, -0.25) is 9.59 Å². The lowest BCUT2D eigenvalue weighted by molar-refractivity contribution is -0.405. The van der Waals surface area contributed by atoms with Crippen molar-refractivity contribution in [1.82, 2.24) is 5.32 Å². The lowest BCUT2D eigenvalue weighted by Crippen LogP contribution is -2.83. The van der Waals surface area contributed by atoms with Crippen LogP contribution in [-0.4, -0.2) is 119 Å². The van der Waals surface area contributed by atoms with Crippen molar-refractivity contribution in [2.45, 2.75) is 167 Å². The first kappa shape index (κ1) is 47.1. The van der Waals surface area contributed by atoms with Crippen molar-refractivity contribution < 1.29 is 72.1 Å². The summed E-state index contributed by atoms with van der Waals surface area (Å²) in [5.41, 5.74) is -6.65. The van der Waals surface area contributed by atoms with Crippen LogP contribution in [0, 0.1) is 22.7 Å². The molecule has 6 rings (SSSR count). The third-order valence-corrected chi connectivity index (χ3v) is 13.4. The maximum absolute atomic E-state index is 14.4. The van der Waals surface area contributed by atoms with Gasteiger partial charge in [0.15, 0.2) is 24.1 Å². The fraction of sp³-hybridized carbons (Fsp3) is 0.674. The molecule has 1 unspecified atom stereocenters. The number of hydrogen-bond donors (Lipinski definition) is 3. The fourth-order valence-corrected chi connectivity index (χ4v) is 10.7. The minimum absolute atomic E-state index is 0.0926. The molecule has 4 fully saturated rings. The van der Waals surface area contributed by atoms with Gasteiger partial charge in [-0.15, -0.1) is 0 Å². The highest BCUT2D eigenvalue weighted by Crippen LogP contribution is 2.67. The van der Waals surface area contributed by atoms with E-state index in [0.717, 1.165) is 0 Å². The Balaban J connectivity index is 1.57. The molecule has 3 N–H and O–H groups in total. The van der Waals surface area contributed by atoms with Gasteiger partial charge in [-0.05, 0) is 69.4 Å². The average Bonchev–Trinajstić information content (AvgIpc) is 3.15. The van der Waals surface area contributed by atoms with E-state index >= 15 is 0 Å². The van der Waals surface area contributed by atoms with Gasteiger partial charge >= 0.3 is 30.0 Å². The van der Waals surface area contributed by atoms with E-state index in [2.05, 4.69) is 11.9 Å². The lowest BCUT2D eigenvalue weighted by Gasteiger charge is -2.71. The summed E-state index contributed by atoms with van der Waals surface area (Å²) in [6.07, 6.45) is -9.36. The SMILES string of the molecule is C=C[C@H]1O[C@H]2C[C@H]3OC[C@@]3(OC(C)=O)C3[C@H](OC(=O)c4ccccc4)[C@]4(O)C[C@H](OC(=O)[C@H](O)[C@H](CC(C)C)NC(=O)OC(C)(C)C)C(C)=C([C@H](OC(C)=O)[C@H](O1)[C@@]32C)C4(C)C. The Kier molecular flexibility index (Phi) is 12.9. The number of aliphatic hydroxyl groups excluding tert-OH is 1. The average molecular weight is 870 g/mol. The summed E-state index contributed by atoms with van der Waals surface area (Å²) >= 11 is 0. The highest BCUT2D eigenvalue weighted by Gasteiger charge is 2.79. The summed E-state index contributed by atoms with van der Waals surface area (Å²) in [6, 6.07) is 7.04. The Labute approximate surface area is 362 Å². The number of nitrogens with one attached hydrogen (secondary N) is 1. The number of fused-ring (bicyclic) bond motifs is 4. The number of esters is 4. The van der Waals surface area contributed by atoms with E-state index in [1.807, 2.05) is 20.8 Å². The minimum Gasteiger partial charge on any atom is -0.456 e. The molecule has 0 radical (unpaired) electrons.